The summed E-state index contributed by atoms with van der Waals surface area (Å²) in [6.45, 7) is 8.33. The zero-order valence-electron chi connectivity index (χ0n) is 10.6. The number of hydrogen-bond acceptors (Lipinski definition) is 5. The number of hydrogen-bond donors (Lipinski definition) is 1. The first-order valence-corrected chi connectivity index (χ1v) is 5.83. The van der Waals surface area contributed by atoms with Crippen LogP contribution in [0.4, 0.5) is 0 Å². The summed E-state index contributed by atoms with van der Waals surface area (Å²) in [6, 6.07) is 0. The van der Waals surface area contributed by atoms with E-state index in [9.17, 15) is 0 Å². The van der Waals surface area contributed by atoms with Crippen LogP contribution >= 0.6 is 0 Å². The lowest BCUT2D eigenvalue weighted by molar-refractivity contribution is -0.0815. The average molecular weight is 237 g/mol. The van der Waals surface area contributed by atoms with E-state index in [2.05, 4.69) is 36.1 Å². The standard InChI is InChI=1S/C12H19N3O2/c1-12(2,3)14-5-9-4-13-6-11(15-9)17-10-7-16-8-10/h4,6,10,14H,5,7-8H2,1-3H3. The van der Waals surface area contributed by atoms with Gasteiger partial charge in [0, 0.05) is 18.3 Å². The quantitative estimate of drug-likeness (QED) is 0.851. The van der Waals surface area contributed by atoms with Crippen LogP contribution in [0.15, 0.2) is 12.4 Å². The van der Waals surface area contributed by atoms with Crippen LogP contribution in [-0.4, -0.2) is 34.8 Å². The van der Waals surface area contributed by atoms with Gasteiger partial charge in [-0.3, -0.25) is 4.98 Å². The van der Waals surface area contributed by atoms with Gasteiger partial charge in [-0.2, -0.15) is 0 Å². The van der Waals surface area contributed by atoms with Gasteiger partial charge in [0.25, 0.3) is 0 Å². The molecular formula is C12H19N3O2. The summed E-state index contributed by atoms with van der Waals surface area (Å²) in [5.74, 6) is 0.575. The van der Waals surface area contributed by atoms with Crippen LogP contribution in [-0.2, 0) is 11.3 Å². The molecule has 0 aromatic carbocycles. The van der Waals surface area contributed by atoms with Gasteiger partial charge in [0.1, 0.15) is 6.10 Å². The second kappa shape index (κ2) is 4.98. The third kappa shape index (κ3) is 3.94. The van der Waals surface area contributed by atoms with Crippen LogP contribution < -0.4 is 10.1 Å². The Morgan fingerprint density at radius 3 is 2.76 bits per heavy atom. The van der Waals surface area contributed by atoms with Gasteiger partial charge >= 0.3 is 0 Å². The van der Waals surface area contributed by atoms with Crippen molar-refractivity contribution < 1.29 is 9.47 Å². The maximum absolute atomic E-state index is 5.60. The summed E-state index contributed by atoms with van der Waals surface area (Å²) < 4.78 is 10.6. The van der Waals surface area contributed by atoms with Gasteiger partial charge in [0.05, 0.1) is 25.1 Å². The fourth-order valence-electron chi connectivity index (χ4n) is 1.34. The zero-order valence-corrected chi connectivity index (χ0v) is 10.6. The smallest absolute Gasteiger partial charge is 0.233 e. The van der Waals surface area contributed by atoms with Gasteiger partial charge in [-0.1, -0.05) is 0 Å². The Balaban J connectivity index is 1.91. The largest absolute Gasteiger partial charge is 0.468 e. The highest BCUT2D eigenvalue weighted by molar-refractivity contribution is 5.09. The van der Waals surface area contributed by atoms with Crippen LogP contribution in [0.5, 0.6) is 5.88 Å². The monoisotopic (exact) mass is 237 g/mol. The molecule has 1 aliphatic rings. The Morgan fingerprint density at radius 2 is 2.18 bits per heavy atom. The number of aromatic nitrogens is 2. The highest BCUT2D eigenvalue weighted by Gasteiger charge is 2.20. The Bertz CT molecular complexity index is 372. The summed E-state index contributed by atoms with van der Waals surface area (Å²) in [4.78, 5) is 8.52. The molecule has 0 amide bonds. The minimum absolute atomic E-state index is 0.0698. The molecule has 0 saturated carbocycles. The van der Waals surface area contributed by atoms with Crippen LogP contribution in [0.1, 0.15) is 26.5 Å². The Morgan fingerprint density at radius 1 is 1.41 bits per heavy atom. The van der Waals surface area contributed by atoms with Crippen molar-refractivity contribution in [1.82, 2.24) is 15.3 Å². The van der Waals surface area contributed by atoms with Gasteiger partial charge in [-0.15, -0.1) is 0 Å². The first kappa shape index (κ1) is 12.3. The topological polar surface area (TPSA) is 56.3 Å². The normalized spacial score (nSPS) is 16.6. The first-order valence-electron chi connectivity index (χ1n) is 5.83. The van der Waals surface area contributed by atoms with E-state index in [4.69, 9.17) is 9.47 Å². The fraction of sp³-hybridized carbons (Fsp3) is 0.667. The van der Waals surface area contributed by atoms with Crippen molar-refractivity contribution in [2.75, 3.05) is 13.2 Å². The fourth-order valence-corrected chi connectivity index (χ4v) is 1.34. The van der Waals surface area contributed by atoms with Crippen molar-refractivity contribution in [2.24, 2.45) is 0 Å². The van der Waals surface area contributed by atoms with Crippen LogP contribution in [0, 0.1) is 0 Å². The van der Waals surface area contributed by atoms with E-state index < -0.39 is 0 Å². The summed E-state index contributed by atoms with van der Waals surface area (Å²) in [7, 11) is 0. The van der Waals surface area contributed by atoms with E-state index in [1.807, 2.05) is 0 Å². The zero-order chi connectivity index (χ0) is 12.3. The Kier molecular flexibility index (Phi) is 3.59. The molecule has 1 aliphatic heterocycles. The van der Waals surface area contributed by atoms with Crippen molar-refractivity contribution >= 4 is 0 Å². The molecule has 0 aliphatic carbocycles. The molecule has 1 N–H and O–H groups in total. The first-order chi connectivity index (χ1) is 8.03. The SMILES string of the molecule is CC(C)(C)NCc1cncc(OC2COC2)n1. The molecule has 2 rings (SSSR count). The molecule has 1 aromatic rings. The number of nitrogens with one attached hydrogen (secondary N) is 1. The van der Waals surface area contributed by atoms with E-state index >= 15 is 0 Å². The van der Waals surface area contributed by atoms with Crippen LogP contribution in [0.2, 0.25) is 0 Å². The molecule has 1 aromatic heterocycles. The molecule has 5 heteroatoms. The summed E-state index contributed by atoms with van der Waals surface area (Å²) >= 11 is 0. The van der Waals surface area contributed by atoms with Gasteiger partial charge in [-0.05, 0) is 20.8 Å². The van der Waals surface area contributed by atoms with E-state index in [0.717, 1.165) is 5.69 Å². The molecule has 5 nitrogen and oxygen atoms in total. The highest BCUT2D eigenvalue weighted by Crippen LogP contribution is 2.12. The van der Waals surface area contributed by atoms with Crippen molar-refractivity contribution in [3.05, 3.63) is 18.1 Å². The number of ether oxygens (including phenoxy) is 2. The maximum Gasteiger partial charge on any atom is 0.233 e. The van der Waals surface area contributed by atoms with Crippen LogP contribution in [0.25, 0.3) is 0 Å². The summed E-state index contributed by atoms with van der Waals surface area (Å²) in [5, 5.41) is 3.36. The van der Waals surface area contributed by atoms with E-state index in [1.54, 1.807) is 12.4 Å². The molecule has 94 valence electrons. The van der Waals surface area contributed by atoms with E-state index in [0.29, 0.717) is 25.6 Å². The summed E-state index contributed by atoms with van der Waals surface area (Å²) in [6.07, 6.45) is 3.53. The number of nitrogens with zero attached hydrogens (tertiary/aromatic N) is 2. The molecule has 17 heavy (non-hydrogen) atoms. The van der Waals surface area contributed by atoms with E-state index in [-0.39, 0.29) is 11.6 Å². The van der Waals surface area contributed by atoms with Gasteiger partial charge in [0.15, 0.2) is 0 Å². The van der Waals surface area contributed by atoms with Crippen molar-refractivity contribution in [2.45, 2.75) is 39.0 Å². The van der Waals surface area contributed by atoms with Crippen LogP contribution in [0.3, 0.4) is 0 Å². The number of rotatable bonds is 4. The van der Waals surface area contributed by atoms with Gasteiger partial charge in [0.2, 0.25) is 5.88 Å². The van der Waals surface area contributed by atoms with Crippen molar-refractivity contribution in [3.63, 3.8) is 0 Å². The van der Waals surface area contributed by atoms with Crippen molar-refractivity contribution in [3.8, 4) is 5.88 Å². The highest BCUT2D eigenvalue weighted by atomic mass is 16.6. The molecule has 1 fully saturated rings. The third-order valence-corrected chi connectivity index (χ3v) is 2.36. The molecule has 0 unspecified atom stereocenters. The lowest BCUT2D eigenvalue weighted by atomic mass is 10.1. The Labute approximate surface area is 102 Å². The van der Waals surface area contributed by atoms with Gasteiger partial charge in [-0.25, -0.2) is 4.98 Å². The second-order valence-electron chi connectivity index (χ2n) is 5.23. The molecule has 2 heterocycles. The molecule has 0 bridgehead atoms. The molecule has 0 radical (unpaired) electrons. The second-order valence-corrected chi connectivity index (χ2v) is 5.23. The maximum atomic E-state index is 5.60. The lowest BCUT2D eigenvalue weighted by Gasteiger charge is -2.26. The molecule has 1 saturated heterocycles. The van der Waals surface area contributed by atoms with E-state index in [1.165, 1.54) is 0 Å². The predicted octanol–water partition coefficient (Wildman–Crippen LogP) is 1.14. The predicted molar refractivity (Wildman–Crippen MR) is 63.9 cm³/mol. The van der Waals surface area contributed by atoms with Gasteiger partial charge < -0.3 is 14.8 Å². The molecule has 0 atom stereocenters. The third-order valence-electron chi connectivity index (χ3n) is 2.36. The average Bonchev–Trinajstić information content (AvgIpc) is 2.20. The Hall–Kier alpha value is -1.20. The van der Waals surface area contributed by atoms with Crippen molar-refractivity contribution in [1.29, 1.82) is 0 Å². The molecule has 0 spiro atoms. The minimum atomic E-state index is 0.0698. The lowest BCUT2D eigenvalue weighted by Crippen LogP contribution is -2.39. The summed E-state index contributed by atoms with van der Waals surface area (Å²) in [5.41, 5.74) is 0.957. The minimum Gasteiger partial charge on any atom is -0.468 e. The molecular weight excluding hydrogens is 218 g/mol.